The zero-order valence-electron chi connectivity index (χ0n) is 13.7. The van der Waals surface area contributed by atoms with Crippen molar-refractivity contribution < 1.29 is 18.7 Å². The fourth-order valence-electron chi connectivity index (χ4n) is 2.24. The first kappa shape index (κ1) is 17.1. The maximum atomic E-state index is 12.0. The molecule has 0 atom stereocenters. The number of Topliss-reactive ketones (excluding diaryl/α,β-unsaturated/α-hetero) is 1. The molecule has 0 saturated carbocycles. The molecule has 0 aliphatic carbocycles. The summed E-state index contributed by atoms with van der Waals surface area (Å²) in [5.41, 5.74) is 1.39. The third-order valence-corrected chi connectivity index (χ3v) is 4.57. The minimum absolute atomic E-state index is 0.0292. The average molecular weight is 355 g/mol. The lowest BCUT2D eigenvalue weighted by Gasteiger charge is -2.01. The van der Waals surface area contributed by atoms with E-state index in [1.807, 2.05) is 43.3 Å². The first-order valence-electron chi connectivity index (χ1n) is 7.87. The topological polar surface area (TPSA) is 69.4 Å². The van der Waals surface area contributed by atoms with Crippen LogP contribution in [0.5, 0.6) is 0 Å². The highest BCUT2D eigenvalue weighted by atomic mass is 32.1. The molecule has 128 valence electrons. The van der Waals surface area contributed by atoms with E-state index >= 15 is 0 Å². The number of rotatable bonds is 7. The first-order chi connectivity index (χ1) is 12.1. The summed E-state index contributed by atoms with van der Waals surface area (Å²) in [7, 11) is 0. The summed E-state index contributed by atoms with van der Waals surface area (Å²) in [5, 5.41) is 0. The Morgan fingerprint density at radius 2 is 1.92 bits per heavy atom. The van der Waals surface area contributed by atoms with E-state index in [1.54, 1.807) is 6.07 Å². The van der Waals surface area contributed by atoms with Gasteiger partial charge in [0.25, 0.3) is 0 Å². The second-order valence-corrected chi connectivity index (χ2v) is 6.79. The Balaban J connectivity index is 1.46. The molecule has 3 rings (SSSR count). The predicted octanol–water partition coefficient (Wildman–Crippen LogP) is 4.42. The Bertz CT molecular complexity index is 866. The zero-order chi connectivity index (χ0) is 17.6. The molecule has 6 heteroatoms. The molecule has 5 nitrogen and oxygen atoms in total. The van der Waals surface area contributed by atoms with Crippen LogP contribution >= 0.6 is 11.3 Å². The van der Waals surface area contributed by atoms with E-state index in [9.17, 15) is 9.59 Å². The molecule has 0 saturated heterocycles. The molecule has 0 unspecified atom stereocenters. The molecule has 3 aromatic rings. The molecule has 0 fully saturated rings. The third-order valence-electron chi connectivity index (χ3n) is 3.52. The minimum atomic E-state index is -0.425. The van der Waals surface area contributed by atoms with Gasteiger partial charge in [-0.25, -0.2) is 4.98 Å². The fraction of sp³-hybridized carbons (Fsp3) is 0.211. The third kappa shape index (κ3) is 4.64. The number of aryl methyl sites for hydroxylation is 1. The van der Waals surface area contributed by atoms with E-state index in [0.717, 1.165) is 10.4 Å². The van der Waals surface area contributed by atoms with Gasteiger partial charge in [0.15, 0.2) is 5.78 Å². The van der Waals surface area contributed by atoms with Crippen LogP contribution in [0.1, 0.15) is 33.1 Å². The second kappa shape index (κ2) is 7.90. The van der Waals surface area contributed by atoms with Crippen LogP contribution in [0.4, 0.5) is 0 Å². The van der Waals surface area contributed by atoms with Gasteiger partial charge in [0.05, 0.1) is 11.3 Å². The summed E-state index contributed by atoms with van der Waals surface area (Å²) in [6.45, 7) is 1.97. The molecule has 0 amide bonds. The van der Waals surface area contributed by atoms with Crippen LogP contribution in [-0.2, 0) is 16.1 Å². The standard InChI is InChI=1S/C19H17NO4S/c1-13-7-9-17(25-13)16(21)8-10-18(22)23-11-15-12-24-19(20-15)14-5-3-2-4-6-14/h2-7,9,12H,8,10-11H2,1H3. The van der Waals surface area contributed by atoms with E-state index in [-0.39, 0.29) is 25.2 Å². The molecular formula is C19H17NO4S. The van der Waals surface area contributed by atoms with E-state index in [1.165, 1.54) is 17.6 Å². The Kier molecular flexibility index (Phi) is 5.40. The van der Waals surface area contributed by atoms with Crippen LogP contribution in [0.3, 0.4) is 0 Å². The number of esters is 1. The normalized spacial score (nSPS) is 10.6. The summed E-state index contributed by atoms with van der Waals surface area (Å²) >= 11 is 1.43. The first-order valence-corrected chi connectivity index (χ1v) is 8.68. The van der Waals surface area contributed by atoms with Gasteiger partial charge in [-0.15, -0.1) is 11.3 Å². The van der Waals surface area contributed by atoms with Crippen molar-refractivity contribution in [1.82, 2.24) is 4.98 Å². The van der Waals surface area contributed by atoms with Crippen molar-refractivity contribution in [2.24, 2.45) is 0 Å². The highest BCUT2D eigenvalue weighted by molar-refractivity contribution is 7.14. The molecule has 0 aliphatic rings. The van der Waals surface area contributed by atoms with Crippen LogP contribution in [-0.4, -0.2) is 16.7 Å². The second-order valence-electron chi connectivity index (χ2n) is 5.50. The molecule has 0 spiro atoms. The van der Waals surface area contributed by atoms with E-state index < -0.39 is 5.97 Å². The number of benzene rings is 1. The number of carbonyl (C=O) groups is 2. The van der Waals surface area contributed by atoms with Gasteiger partial charge in [-0.2, -0.15) is 0 Å². The summed E-state index contributed by atoms with van der Waals surface area (Å²) in [4.78, 5) is 29.8. The van der Waals surface area contributed by atoms with Gasteiger partial charge in [-0.1, -0.05) is 18.2 Å². The van der Waals surface area contributed by atoms with Gasteiger partial charge >= 0.3 is 5.97 Å². The lowest BCUT2D eigenvalue weighted by atomic mass is 10.2. The van der Waals surface area contributed by atoms with Gasteiger partial charge < -0.3 is 9.15 Å². The smallest absolute Gasteiger partial charge is 0.306 e. The molecule has 2 aromatic heterocycles. The summed E-state index contributed by atoms with van der Waals surface area (Å²) in [6.07, 6.45) is 1.67. The number of ether oxygens (including phenoxy) is 1. The molecule has 25 heavy (non-hydrogen) atoms. The quantitative estimate of drug-likeness (QED) is 0.463. The monoisotopic (exact) mass is 355 g/mol. The van der Waals surface area contributed by atoms with Crippen molar-refractivity contribution in [2.75, 3.05) is 0 Å². The number of oxazole rings is 1. The Morgan fingerprint density at radius 1 is 1.12 bits per heavy atom. The van der Waals surface area contributed by atoms with Crippen LogP contribution < -0.4 is 0 Å². The zero-order valence-corrected chi connectivity index (χ0v) is 14.5. The lowest BCUT2D eigenvalue weighted by molar-refractivity contribution is -0.145. The van der Waals surface area contributed by atoms with E-state index in [4.69, 9.17) is 9.15 Å². The van der Waals surface area contributed by atoms with Crippen molar-refractivity contribution in [1.29, 1.82) is 0 Å². The summed E-state index contributed by atoms with van der Waals surface area (Å²) < 4.78 is 10.5. The van der Waals surface area contributed by atoms with Crippen molar-refractivity contribution in [3.63, 3.8) is 0 Å². The van der Waals surface area contributed by atoms with Gasteiger partial charge in [-0.3, -0.25) is 9.59 Å². The van der Waals surface area contributed by atoms with E-state index in [2.05, 4.69) is 4.98 Å². The van der Waals surface area contributed by atoms with Gasteiger partial charge in [-0.05, 0) is 31.2 Å². The summed E-state index contributed by atoms with van der Waals surface area (Å²) in [5.74, 6) is 0.0173. The number of ketones is 1. The highest BCUT2D eigenvalue weighted by Crippen LogP contribution is 2.19. The van der Waals surface area contributed by atoms with Gasteiger partial charge in [0.2, 0.25) is 5.89 Å². The van der Waals surface area contributed by atoms with Crippen LogP contribution in [0.25, 0.3) is 11.5 Å². The maximum Gasteiger partial charge on any atom is 0.306 e. The average Bonchev–Trinajstić information content (AvgIpc) is 3.28. The van der Waals surface area contributed by atoms with Crippen LogP contribution in [0.2, 0.25) is 0 Å². The molecule has 1 aromatic carbocycles. The Morgan fingerprint density at radius 3 is 2.64 bits per heavy atom. The predicted molar refractivity (Wildman–Crippen MR) is 94.4 cm³/mol. The van der Waals surface area contributed by atoms with Crippen LogP contribution in [0.15, 0.2) is 53.1 Å². The number of hydrogen-bond acceptors (Lipinski definition) is 6. The largest absolute Gasteiger partial charge is 0.459 e. The van der Waals surface area contributed by atoms with Gasteiger partial charge in [0.1, 0.15) is 18.6 Å². The van der Waals surface area contributed by atoms with Crippen molar-refractivity contribution in [3.8, 4) is 11.5 Å². The van der Waals surface area contributed by atoms with Crippen molar-refractivity contribution >= 4 is 23.1 Å². The molecule has 0 radical (unpaired) electrons. The molecule has 0 bridgehead atoms. The van der Waals surface area contributed by atoms with Crippen molar-refractivity contribution in [2.45, 2.75) is 26.4 Å². The lowest BCUT2D eigenvalue weighted by Crippen LogP contribution is -2.07. The minimum Gasteiger partial charge on any atom is -0.459 e. The molecule has 0 aliphatic heterocycles. The van der Waals surface area contributed by atoms with Crippen LogP contribution in [0, 0.1) is 6.92 Å². The maximum absolute atomic E-state index is 12.0. The number of hydrogen-bond donors (Lipinski definition) is 0. The molecular weight excluding hydrogens is 338 g/mol. The number of thiophene rings is 1. The number of carbonyl (C=O) groups excluding carboxylic acids is 2. The Labute approximate surface area is 149 Å². The molecule has 2 heterocycles. The molecule has 0 N–H and O–H groups in total. The highest BCUT2D eigenvalue weighted by Gasteiger charge is 2.13. The Hall–Kier alpha value is -2.73. The summed E-state index contributed by atoms with van der Waals surface area (Å²) in [6, 6.07) is 13.2. The van der Waals surface area contributed by atoms with E-state index in [0.29, 0.717) is 16.5 Å². The van der Waals surface area contributed by atoms with Gasteiger partial charge in [0, 0.05) is 16.9 Å². The fourth-order valence-corrected chi connectivity index (χ4v) is 3.07. The van der Waals surface area contributed by atoms with Crippen molar-refractivity contribution in [3.05, 3.63) is 64.2 Å². The number of aromatic nitrogens is 1. The number of nitrogens with zero attached hydrogens (tertiary/aromatic N) is 1. The SMILES string of the molecule is Cc1ccc(C(=O)CCC(=O)OCc2coc(-c3ccccc3)n2)s1.